The molecule has 0 unspecified atom stereocenters. The summed E-state index contributed by atoms with van der Waals surface area (Å²) in [5.41, 5.74) is 20.5. The monoisotopic (exact) mass is 849 g/mol. The average molecular weight is 850 g/mol. The van der Waals surface area contributed by atoms with Crippen molar-refractivity contribution < 1.29 is 0 Å². The van der Waals surface area contributed by atoms with Gasteiger partial charge in [0, 0.05) is 22.2 Å². The van der Waals surface area contributed by atoms with Crippen LogP contribution in [0.4, 0.5) is 17.1 Å². The van der Waals surface area contributed by atoms with Crippen molar-refractivity contribution >= 4 is 27.8 Å². The molecule has 0 aromatic heterocycles. The van der Waals surface area contributed by atoms with Gasteiger partial charge in [-0.25, -0.2) is 0 Å². The van der Waals surface area contributed by atoms with E-state index in [9.17, 15) is 0 Å². The molecule has 9 aromatic carbocycles. The molecule has 66 heavy (non-hydrogen) atoms. The molecule has 0 aliphatic heterocycles. The Kier molecular flexibility index (Phi) is 9.14. The Morgan fingerprint density at radius 2 is 0.924 bits per heavy atom. The van der Waals surface area contributed by atoms with Gasteiger partial charge in [0.05, 0.1) is 11.4 Å². The van der Waals surface area contributed by atoms with Gasteiger partial charge in [-0.15, -0.1) is 0 Å². The van der Waals surface area contributed by atoms with Gasteiger partial charge in [0.25, 0.3) is 0 Å². The lowest BCUT2D eigenvalue weighted by atomic mass is 9.48. The molecule has 9 aromatic rings. The minimum absolute atomic E-state index is 0.141. The molecule has 0 heterocycles. The summed E-state index contributed by atoms with van der Waals surface area (Å²) in [6, 6.07) is 77.7. The molecule has 0 spiro atoms. The van der Waals surface area contributed by atoms with Gasteiger partial charge >= 0.3 is 0 Å². The molecule has 5 aliphatic rings. The lowest BCUT2D eigenvalue weighted by molar-refractivity contribution is -0.00518. The summed E-state index contributed by atoms with van der Waals surface area (Å²) >= 11 is 0. The van der Waals surface area contributed by atoms with Gasteiger partial charge in [0.15, 0.2) is 0 Å². The van der Waals surface area contributed by atoms with Crippen LogP contribution in [0.1, 0.15) is 69.1 Å². The largest absolute Gasteiger partial charge is 0.309 e. The van der Waals surface area contributed by atoms with Gasteiger partial charge in [0.2, 0.25) is 0 Å². The topological polar surface area (TPSA) is 3.24 Å². The Labute approximate surface area is 390 Å². The van der Waals surface area contributed by atoms with Crippen molar-refractivity contribution in [1.82, 2.24) is 0 Å². The first kappa shape index (κ1) is 39.4. The minimum atomic E-state index is -0.141. The number of hydrogen-bond donors (Lipinski definition) is 0. The molecule has 14 rings (SSSR count). The summed E-state index contributed by atoms with van der Waals surface area (Å²) in [4.78, 5) is 2.53. The van der Waals surface area contributed by atoms with Crippen molar-refractivity contribution in [2.24, 2.45) is 17.8 Å². The van der Waals surface area contributed by atoms with Crippen molar-refractivity contribution in [3.05, 3.63) is 223 Å². The zero-order chi connectivity index (χ0) is 44.0. The Bertz CT molecular complexity index is 3260. The SMILES string of the molecule is CC1(C)c2ccccc2-c2ccc(N(c3ccccc3-c3ccccc3)c3ccc(-c4ccc(-c5ccc(C67CC8CC(CC(C8)C6)C7)cc5)cc4)cc3-c3cccc4ccccc34)cc21. The number of rotatable bonds is 8. The summed E-state index contributed by atoms with van der Waals surface area (Å²) in [7, 11) is 0. The van der Waals surface area contributed by atoms with E-state index in [4.69, 9.17) is 0 Å². The maximum atomic E-state index is 2.53. The summed E-state index contributed by atoms with van der Waals surface area (Å²) in [5, 5.41) is 2.48. The van der Waals surface area contributed by atoms with E-state index in [-0.39, 0.29) is 5.41 Å². The van der Waals surface area contributed by atoms with E-state index in [0.29, 0.717) is 5.41 Å². The Hall–Kier alpha value is -6.96. The fourth-order valence-corrected chi connectivity index (χ4v) is 13.7. The van der Waals surface area contributed by atoms with Gasteiger partial charge in [-0.05, 0) is 164 Å². The number of anilines is 3. The van der Waals surface area contributed by atoms with Crippen LogP contribution in [0.5, 0.6) is 0 Å². The Morgan fingerprint density at radius 1 is 0.379 bits per heavy atom. The van der Waals surface area contributed by atoms with Crippen LogP contribution in [-0.4, -0.2) is 0 Å². The van der Waals surface area contributed by atoms with E-state index in [1.807, 2.05) is 0 Å². The Balaban J connectivity index is 0.944. The highest BCUT2D eigenvalue weighted by molar-refractivity contribution is 6.03. The lowest BCUT2D eigenvalue weighted by Crippen LogP contribution is -2.48. The molecule has 0 saturated heterocycles. The van der Waals surface area contributed by atoms with E-state index in [0.717, 1.165) is 34.8 Å². The van der Waals surface area contributed by atoms with Crippen LogP contribution < -0.4 is 4.90 Å². The second kappa shape index (κ2) is 15.3. The summed E-state index contributed by atoms with van der Waals surface area (Å²) in [6.45, 7) is 4.76. The number of fused-ring (bicyclic) bond motifs is 4. The van der Waals surface area contributed by atoms with Crippen LogP contribution in [0, 0.1) is 17.8 Å². The number of benzene rings is 9. The molecule has 0 N–H and O–H groups in total. The van der Waals surface area contributed by atoms with Crippen molar-refractivity contribution in [2.75, 3.05) is 4.90 Å². The first-order valence-corrected chi connectivity index (χ1v) is 24.4. The smallest absolute Gasteiger partial charge is 0.0540 e. The molecular formula is C65H55N. The summed E-state index contributed by atoms with van der Waals surface area (Å²) in [5.74, 6) is 2.87. The second-order valence-corrected chi connectivity index (χ2v) is 20.7. The third kappa shape index (κ3) is 6.42. The minimum Gasteiger partial charge on any atom is -0.309 e. The van der Waals surface area contributed by atoms with Crippen LogP contribution in [0.15, 0.2) is 206 Å². The first-order valence-electron chi connectivity index (χ1n) is 24.4. The van der Waals surface area contributed by atoms with Gasteiger partial charge in [-0.2, -0.15) is 0 Å². The summed E-state index contributed by atoms with van der Waals surface area (Å²) in [6.07, 6.45) is 8.68. The molecule has 1 heteroatoms. The summed E-state index contributed by atoms with van der Waals surface area (Å²) < 4.78 is 0. The van der Waals surface area contributed by atoms with Crippen LogP contribution in [0.25, 0.3) is 66.4 Å². The van der Waals surface area contributed by atoms with Crippen LogP contribution in [-0.2, 0) is 10.8 Å². The highest BCUT2D eigenvalue weighted by Crippen LogP contribution is 2.61. The van der Waals surface area contributed by atoms with E-state index in [2.05, 4.69) is 225 Å². The second-order valence-electron chi connectivity index (χ2n) is 20.7. The molecule has 0 amide bonds. The average Bonchev–Trinajstić information content (AvgIpc) is 3.59. The number of hydrogen-bond acceptors (Lipinski definition) is 1. The van der Waals surface area contributed by atoms with Crippen LogP contribution >= 0.6 is 0 Å². The highest BCUT2D eigenvalue weighted by Gasteiger charge is 2.51. The van der Waals surface area contributed by atoms with Crippen molar-refractivity contribution in [2.45, 2.75) is 63.2 Å². The molecule has 4 saturated carbocycles. The fraction of sp³-hybridized carbons (Fsp3) is 0.200. The van der Waals surface area contributed by atoms with Crippen molar-refractivity contribution in [3.63, 3.8) is 0 Å². The molecule has 320 valence electrons. The standard InChI is InChI=1S/C65H55N/c1-64(2)60-21-10-8-19-57(60)58-33-32-53(39-61(58)64)66(62-22-11-9-18-55(62)50-13-4-3-5-14-50)63-34-29-51(38-59(63)56-20-12-16-49-15-6-7-17-54(49)56)48-25-23-46(24-26-48)47-27-30-52(31-28-47)65-40-43-35-44(41-65)37-45(36-43)42-65/h3-34,38-39,43-45H,35-37,40-42H2,1-2H3. The zero-order valence-corrected chi connectivity index (χ0v) is 38.1. The molecular weight excluding hydrogens is 795 g/mol. The third-order valence-corrected chi connectivity index (χ3v) is 16.5. The van der Waals surface area contributed by atoms with Crippen molar-refractivity contribution in [1.29, 1.82) is 0 Å². The van der Waals surface area contributed by atoms with Crippen LogP contribution in [0.3, 0.4) is 0 Å². The third-order valence-electron chi connectivity index (χ3n) is 16.5. The predicted molar refractivity (Wildman–Crippen MR) is 278 cm³/mol. The molecule has 4 bridgehead atoms. The lowest BCUT2D eigenvalue weighted by Gasteiger charge is -2.57. The fourth-order valence-electron chi connectivity index (χ4n) is 13.7. The zero-order valence-electron chi connectivity index (χ0n) is 38.1. The maximum Gasteiger partial charge on any atom is 0.0540 e. The number of para-hydroxylation sites is 1. The number of nitrogens with zero attached hydrogens (tertiary/aromatic N) is 1. The van der Waals surface area contributed by atoms with Crippen molar-refractivity contribution in [3.8, 4) is 55.6 Å². The van der Waals surface area contributed by atoms with Gasteiger partial charge in [-0.3, -0.25) is 0 Å². The molecule has 1 nitrogen and oxygen atoms in total. The van der Waals surface area contributed by atoms with E-state index in [1.165, 1.54) is 116 Å². The molecule has 5 aliphatic carbocycles. The Morgan fingerprint density at radius 3 is 1.67 bits per heavy atom. The normalized spacial score (nSPS) is 20.8. The van der Waals surface area contributed by atoms with E-state index >= 15 is 0 Å². The van der Waals surface area contributed by atoms with E-state index < -0.39 is 0 Å². The molecule has 0 radical (unpaired) electrons. The quantitative estimate of drug-likeness (QED) is 0.147. The van der Waals surface area contributed by atoms with Gasteiger partial charge in [0.1, 0.15) is 0 Å². The predicted octanol–water partition coefficient (Wildman–Crippen LogP) is 17.8. The van der Waals surface area contributed by atoms with Crippen LogP contribution in [0.2, 0.25) is 0 Å². The van der Waals surface area contributed by atoms with Gasteiger partial charge in [-0.1, -0.05) is 190 Å². The maximum absolute atomic E-state index is 2.53. The molecule has 4 fully saturated rings. The van der Waals surface area contributed by atoms with E-state index in [1.54, 1.807) is 5.56 Å². The first-order chi connectivity index (χ1) is 32.4. The van der Waals surface area contributed by atoms with Gasteiger partial charge < -0.3 is 4.90 Å². The highest BCUT2D eigenvalue weighted by atomic mass is 15.1. The molecule has 0 atom stereocenters.